The summed E-state index contributed by atoms with van der Waals surface area (Å²) < 4.78 is 10.7. The average molecular weight is 252 g/mol. The molecule has 1 rings (SSSR count). The first-order valence-electron chi connectivity index (χ1n) is 6.29. The lowest BCUT2D eigenvalue weighted by atomic mass is 9.79. The van der Waals surface area contributed by atoms with Crippen LogP contribution in [-0.2, 0) is 0 Å². The van der Waals surface area contributed by atoms with E-state index in [2.05, 4.69) is 13.8 Å². The van der Waals surface area contributed by atoms with Crippen molar-refractivity contribution in [3.63, 3.8) is 0 Å². The Bertz CT molecular complexity index is 364. The number of rotatable bonds is 7. The smallest absolute Gasteiger partial charge is 0.492 e. The molecule has 0 atom stereocenters. The van der Waals surface area contributed by atoms with E-state index >= 15 is 0 Å². The maximum Gasteiger partial charge on any atom is 0.492 e. The fraction of sp³-hybridized carbons (Fsp3) is 0.538. The Labute approximate surface area is 109 Å². The molecule has 5 heteroatoms. The minimum absolute atomic E-state index is 0.334. The van der Waals surface area contributed by atoms with Gasteiger partial charge >= 0.3 is 7.12 Å². The molecule has 0 saturated heterocycles. The zero-order chi connectivity index (χ0) is 13.5. The third-order valence-corrected chi connectivity index (χ3v) is 3.12. The van der Waals surface area contributed by atoms with E-state index in [0.29, 0.717) is 29.5 Å². The topological polar surface area (TPSA) is 58.9 Å². The molecule has 0 unspecified atom stereocenters. The molecule has 2 N–H and O–H groups in total. The van der Waals surface area contributed by atoms with Crippen molar-refractivity contribution in [1.82, 2.24) is 0 Å². The summed E-state index contributed by atoms with van der Waals surface area (Å²) in [4.78, 5) is 0. The van der Waals surface area contributed by atoms with Crippen molar-refractivity contribution >= 4 is 12.6 Å². The van der Waals surface area contributed by atoms with Gasteiger partial charge in [0, 0.05) is 5.46 Å². The molecule has 0 fully saturated rings. The van der Waals surface area contributed by atoms with Crippen molar-refractivity contribution in [3.05, 3.63) is 18.2 Å². The van der Waals surface area contributed by atoms with Crippen LogP contribution in [0.1, 0.15) is 26.7 Å². The quantitative estimate of drug-likeness (QED) is 0.715. The minimum Gasteiger partial charge on any atom is -0.497 e. The molecule has 0 radical (unpaired) electrons. The zero-order valence-electron chi connectivity index (χ0n) is 11.2. The van der Waals surface area contributed by atoms with Crippen LogP contribution in [0.3, 0.4) is 0 Å². The van der Waals surface area contributed by atoms with E-state index in [0.717, 1.165) is 12.8 Å². The van der Waals surface area contributed by atoms with Gasteiger partial charge in [-0.2, -0.15) is 0 Å². The minimum atomic E-state index is -1.56. The molecule has 0 aliphatic heterocycles. The van der Waals surface area contributed by atoms with Crippen molar-refractivity contribution in [2.24, 2.45) is 5.92 Å². The number of ether oxygens (including phenoxy) is 2. The monoisotopic (exact) mass is 252 g/mol. The summed E-state index contributed by atoms with van der Waals surface area (Å²) in [6.45, 7) is 4.82. The molecular weight excluding hydrogens is 231 g/mol. The molecule has 100 valence electrons. The van der Waals surface area contributed by atoms with Gasteiger partial charge in [-0.15, -0.1) is 0 Å². The molecule has 0 aromatic heterocycles. The summed E-state index contributed by atoms with van der Waals surface area (Å²) in [5, 5.41) is 18.6. The van der Waals surface area contributed by atoms with Gasteiger partial charge < -0.3 is 19.5 Å². The molecule has 1 aromatic rings. The van der Waals surface area contributed by atoms with Crippen LogP contribution in [0.15, 0.2) is 18.2 Å². The maximum absolute atomic E-state index is 9.32. The maximum atomic E-state index is 9.32. The van der Waals surface area contributed by atoms with Crippen molar-refractivity contribution in [3.8, 4) is 11.5 Å². The van der Waals surface area contributed by atoms with E-state index in [4.69, 9.17) is 9.47 Å². The van der Waals surface area contributed by atoms with Crippen molar-refractivity contribution in [2.45, 2.75) is 26.7 Å². The zero-order valence-corrected chi connectivity index (χ0v) is 11.2. The fourth-order valence-corrected chi connectivity index (χ4v) is 1.72. The van der Waals surface area contributed by atoms with E-state index in [1.54, 1.807) is 18.2 Å². The molecule has 0 aliphatic carbocycles. The normalized spacial score (nSPS) is 10.6. The molecule has 18 heavy (non-hydrogen) atoms. The van der Waals surface area contributed by atoms with Crippen LogP contribution in [0.2, 0.25) is 0 Å². The molecule has 0 spiro atoms. The van der Waals surface area contributed by atoms with Crippen LogP contribution in [0, 0.1) is 5.92 Å². The van der Waals surface area contributed by atoms with Gasteiger partial charge in [0.25, 0.3) is 0 Å². The van der Waals surface area contributed by atoms with Gasteiger partial charge in [-0.05, 0) is 24.1 Å². The highest BCUT2D eigenvalue weighted by Crippen LogP contribution is 2.17. The third-order valence-electron chi connectivity index (χ3n) is 3.12. The standard InChI is InChI=1S/C13H21BO4/c1-4-10(5-2)9-18-13-7-6-11(17-3)8-12(13)14(15)16/h6-8,10,15-16H,4-5,9H2,1-3H3. The Morgan fingerprint density at radius 1 is 1.22 bits per heavy atom. The Hall–Kier alpha value is -1.20. The lowest BCUT2D eigenvalue weighted by Crippen LogP contribution is -2.32. The first-order chi connectivity index (χ1) is 8.62. The van der Waals surface area contributed by atoms with E-state index in [1.807, 2.05) is 0 Å². The summed E-state index contributed by atoms with van der Waals surface area (Å²) in [5.41, 5.74) is 0.334. The number of methoxy groups -OCH3 is 1. The second kappa shape index (κ2) is 7.29. The number of benzene rings is 1. The summed E-state index contributed by atoms with van der Waals surface area (Å²) in [5.74, 6) is 1.56. The van der Waals surface area contributed by atoms with Crippen LogP contribution in [0.4, 0.5) is 0 Å². The Balaban J connectivity index is 2.81. The van der Waals surface area contributed by atoms with Crippen LogP contribution in [0.5, 0.6) is 11.5 Å². The highest BCUT2D eigenvalue weighted by Gasteiger charge is 2.19. The summed E-state index contributed by atoms with van der Waals surface area (Å²) in [6.07, 6.45) is 2.09. The van der Waals surface area contributed by atoms with E-state index in [1.165, 1.54) is 7.11 Å². The Kier molecular flexibility index (Phi) is 6.02. The van der Waals surface area contributed by atoms with Gasteiger partial charge in [0.05, 0.1) is 13.7 Å². The molecule has 0 bridgehead atoms. The van der Waals surface area contributed by atoms with Gasteiger partial charge in [-0.3, -0.25) is 0 Å². The summed E-state index contributed by atoms with van der Waals surface area (Å²) in [7, 11) is -0.0232. The molecule has 0 aliphatic rings. The van der Waals surface area contributed by atoms with Crippen molar-refractivity contribution < 1.29 is 19.5 Å². The number of hydrogen-bond donors (Lipinski definition) is 2. The SMILES string of the molecule is CCC(CC)COc1ccc(OC)cc1B(O)O. The van der Waals surface area contributed by atoms with E-state index in [-0.39, 0.29) is 0 Å². The predicted molar refractivity (Wildman–Crippen MR) is 72.4 cm³/mol. The summed E-state index contributed by atoms with van der Waals surface area (Å²) in [6, 6.07) is 5.02. The largest absolute Gasteiger partial charge is 0.497 e. The summed E-state index contributed by atoms with van der Waals surface area (Å²) >= 11 is 0. The first kappa shape index (κ1) is 14.9. The van der Waals surface area contributed by atoms with E-state index in [9.17, 15) is 10.0 Å². The molecule has 0 saturated carbocycles. The second-order valence-electron chi connectivity index (χ2n) is 4.27. The van der Waals surface area contributed by atoms with Crippen molar-refractivity contribution in [1.29, 1.82) is 0 Å². The molecule has 0 amide bonds. The van der Waals surface area contributed by atoms with Crippen LogP contribution in [0.25, 0.3) is 0 Å². The second-order valence-corrected chi connectivity index (χ2v) is 4.27. The van der Waals surface area contributed by atoms with Gasteiger partial charge in [0.1, 0.15) is 11.5 Å². The predicted octanol–water partition coefficient (Wildman–Crippen LogP) is 1.19. The molecule has 4 nitrogen and oxygen atoms in total. The fourth-order valence-electron chi connectivity index (χ4n) is 1.72. The Morgan fingerprint density at radius 2 is 1.89 bits per heavy atom. The highest BCUT2D eigenvalue weighted by atomic mass is 16.5. The Morgan fingerprint density at radius 3 is 2.39 bits per heavy atom. The molecule has 0 heterocycles. The van der Waals surface area contributed by atoms with Gasteiger partial charge in [0.15, 0.2) is 0 Å². The van der Waals surface area contributed by atoms with Gasteiger partial charge in [0.2, 0.25) is 0 Å². The molecular formula is C13H21BO4. The highest BCUT2D eigenvalue weighted by molar-refractivity contribution is 6.59. The average Bonchev–Trinajstić information content (AvgIpc) is 2.39. The molecule has 1 aromatic carbocycles. The lowest BCUT2D eigenvalue weighted by Gasteiger charge is -2.16. The van der Waals surface area contributed by atoms with Crippen molar-refractivity contribution in [2.75, 3.05) is 13.7 Å². The first-order valence-corrected chi connectivity index (χ1v) is 6.29. The van der Waals surface area contributed by atoms with Crippen LogP contribution in [-0.4, -0.2) is 30.9 Å². The lowest BCUT2D eigenvalue weighted by molar-refractivity contribution is 0.241. The third kappa shape index (κ3) is 3.93. The van der Waals surface area contributed by atoms with E-state index < -0.39 is 7.12 Å². The van der Waals surface area contributed by atoms with Crippen LogP contribution < -0.4 is 14.9 Å². The van der Waals surface area contributed by atoms with Crippen LogP contribution >= 0.6 is 0 Å². The van der Waals surface area contributed by atoms with Gasteiger partial charge in [-0.1, -0.05) is 26.7 Å². The number of hydrogen-bond acceptors (Lipinski definition) is 4. The van der Waals surface area contributed by atoms with Gasteiger partial charge in [-0.25, -0.2) is 0 Å².